The van der Waals surface area contributed by atoms with Crippen LogP contribution in [-0.4, -0.2) is 9.97 Å². The number of nitrogen functional groups attached to an aromatic ring is 2. The zero-order chi connectivity index (χ0) is 41.6. The van der Waals surface area contributed by atoms with Crippen molar-refractivity contribution >= 4 is 83.7 Å². The van der Waals surface area contributed by atoms with Crippen LogP contribution in [0.1, 0.15) is 28.7 Å². The molecule has 0 aliphatic carbocycles. The standard InChI is InChI=1S/C22H18BrN5O.C22H16BrN5O/c2*1-14-12-15(4-3-11-24)13-18(23)21(14)29-20-10-9-19(25)22(28-20)27-17-7-5-16(26-2)6-8-17/h5-10,12-13H,3-4,25H2,1H3,(H,27,28);3-10,12-13H,25H2,1H3,(H,27,28)/b;4-3+. The molecule has 2 heterocycles. The molecule has 0 unspecified atom stereocenters. The Hall–Kier alpha value is -7.36. The number of rotatable bonds is 11. The maximum atomic E-state index is 8.77. The van der Waals surface area contributed by atoms with Crippen molar-refractivity contribution in [1.82, 2.24) is 9.97 Å². The van der Waals surface area contributed by atoms with Crippen LogP contribution in [0.2, 0.25) is 0 Å². The van der Waals surface area contributed by atoms with Gasteiger partial charge in [-0.25, -0.2) is 9.69 Å². The molecular weight excluding hydrogens is 860 g/mol. The minimum atomic E-state index is 0.378. The third kappa shape index (κ3) is 11.3. The summed E-state index contributed by atoms with van der Waals surface area (Å²) in [6.45, 7) is 17.9. The number of aromatic nitrogens is 2. The molecule has 12 nitrogen and oxygen atoms in total. The minimum absolute atomic E-state index is 0.378. The van der Waals surface area contributed by atoms with E-state index in [1.807, 2.05) is 44.2 Å². The Morgan fingerprint density at radius 3 is 1.62 bits per heavy atom. The quantitative estimate of drug-likeness (QED) is 0.0723. The normalized spacial score (nSPS) is 10.2. The van der Waals surface area contributed by atoms with Crippen molar-refractivity contribution in [1.29, 1.82) is 10.5 Å². The van der Waals surface area contributed by atoms with E-state index in [1.54, 1.807) is 78.9 Å². The van der Waals surface area contributed by atoms with Gasteiger partial charge >= 0.3 is 0 Å². The van der Waals surface area contributed by atoms with Crippen molar-refractivity contribution in [3.63, 3.8) is 0 Å². The van der Waals surface area contributed by atoms with Crippen LogP contribution >= 0.6 is 31.9 Å². The molecular formula is C44H34Br2N10O2. The number of nitriles is 2. The lowest BCUT2D eigenvalue weighted by molar-refractivity contribution is 0.457. The van der Waals surface area contributed by atoms with Gasteiger partial charge in [-0.3, -0.25) is 0 Å². The molecule has 0 saturated carbocycles. The number of hydrogen-bond donors (Lipinski definition) is 4. The maximum Gasteiger partial charge on any atom is 0.221 e. The van der Waals surface area contributed by atoms with Crippen molar-refractivity contribution < 1.29 is 9.47 Å². The van der Waals surface area contributed by atoms with Gasteiger partial charge in [0.2, 0.25) is 11.8 Å². The lowest BCUT2D eigenvalue weighted by atomic mass is 10.1. The molecule has 0 amide bonds. The van der Waals surface area contributed by atoms with Gasteiger partial charge in [0.15, 0.2) is 23.0 Å². The highest BCUT2D eigenvalue weighted by molar-refractivity contribution is 9.11. The summed E-state index contributed by atoms with van der Waals surface area (Å²) in [5, 5.41) is 23.7. The number of pyridine rings is 2. The Kier molecular flexibility index (Phi) is 14.4. The second-order valence-corrected chi connectivity index (χ2v) is 14.1. The number of nitrogens with one attached hydrogen (secondary N) is 2. The van der Waals surface area contributed by atoms with Crippen molar-refractivity contribution in [2.24, 2.45) is 0 Å². The van der Waals surface area contributed by atoms with Gasteiger partial charge < -0.3 is 31.6 Å². The predicted octanol–water partition coefficient (Wildman–Crippen LogP) is 12.6. The summed E-state index contributed by atoms with van der Waals surface area (Å²) < 4.78 is 13.5. The van der Waals surface area contributed by atoms with Crippen molar-refractivity contribution in [2.75, 3.05) is 22.1 Å². The molecule has 6 rings (SSSR count). The van der Waals surface area contributed by atoms with Gasteiger partial charge in [-0.2, -0.15) is 20.5 Å². The molecule has 58 heavy (non-hydrogen) atoms. The van der Waals surface area contributed by atoms with Gasteiger partial charge in [-0.05, 0) is 135 Å². The summed E-state index contributed by atoms with van der Waals surface area (Å²) in [6.07, 6.45) is 4.31. The average Bonchev–Trinajstić information content (AvgIpc) is 3.22. The number of nitrogens with two attached hydrogens (primary N) is 2. The van der Waals surface area contributed by atoms with Crippen LogP contribution in [0.15, 0.2) is 112 Å². The Balaban J connectivity index is 0.000000221. The fraction of sp³-hybridized carbons (Fsp3) is 0.0909. The Bertz CT molecular complexity index is 2590. The smallest absolute Gasteiger partial charge is 0.221 e. The number of hydrogen-bond acceptors (Lipinski definition) is 10. The van der Waals surface area contributed by atoms with E-state index in [-0.39, 0.29) is 0 Å². The van der Waals surface area contributed by atoms with E-state index in [1.165, 1.54) is 6.08 Å². The Morgan fingerprint density at radius 1 is 0.707 bits per heavy atom. The highest BCUT2D eigenvalue weighted by atomic mass is 79.9. The van der Waals surface area contributed by atoms with Crippen LogP contribution < -0.4 is 31.6 Å². The highest BCUT2D eigenvalue weighted by Gasteiger charge is 2.13. The largest absolute Gasteiger partial charge is 0.438 e. The summed E-state index contributed by atoms with van der Waals surface area (Å²) in [4.78, 5) is 15.7. The van der Waals surface area contributed by atoms with Gasteiger partial charge in [-0.15, -0.1) is 0 Å². The molecule has 0 radical (unpaired) electrons. The minimum Gasteiger partial charge on any atom is -0.438 e. The molecule has 0 bridgehead atoms. The molecule has 0 saturated heterocycles. The van der Waals surface area contributed by atoms with E-state index < -0.39 is 0 Å². The third-order valence-electron chi connectivity index (χ3n) is 8.15. The molecule has 0 fully saturated rings. The summed E-state index contributed by atoms with van der Waals surface area (Å²) in [5.74, 6) is 2.99. The molecule has 286 valence electrons. The average molecular weight is 895 g/mol. The van der Waals surface area contributed by atoms with E-state index >= 15 is 0 Å². The van der Waals surface area contributed by atoms with Crippen LogP contribution in [0, 0.1) is 49.7 Å². The first kappa shape index (κ1) is 41.8. The number of allylic oxidation sites excluding steroid dienone is 1. The first-order chi connectivity index (χ1) is 28.0. The van der Waals surface area contributed by atoms with Gasteiger partial charge in [0.05, 0.1) is 45.6 Å². The Labute approximate surface area is 353 Å². The van der Waals surface area contributed by atoms with E-state index in [0.29, 0.717) is 70.5 Å². The van der Waals surface area contributed by atoms with E-state index in [4.69, 9.17) is 44.6 Å². The van der Waals surface area contributed by atoms with Crippen LogP contribution in [0.3, 0.4) is 0 Å². The number of halogens is 2. The number of anilines is 6. The van der Waals surface area contributed by atoms with Gasteiger partial charge in [-0.1, -0.05) is 30.3 Å². The predicted molar refractivity (Wildman–Crippen MR) is 236 cm³/mol. The van der Waals surface area contributed by atoms with Crippen LogP contribution in [0.4, 0.5) is 45.8 Å². The second-order valence-electron chi connectivity index (χ2n) is 12.4. The van der Waals surface area contributed by atoms with Gasteiger partial charge in [0.1, 0.15) is 11.5 Å². The molecule has 6 aromatic rings. The van der Waals surface area contributed by atoms with E-state index in [9.17, 15) is 0 Å². The summed E-state index contributed by atoms with van der Waals surface area (Å²) in [5.41, 5.74) is 19.5. The monoisotopic (exact) mass is 892 g/mol. The molecule has 0 spiro atoms. The molecule has 4 aromatic carbocycles. The van der Waals surface area contributed by atoms with E-state index in [2.05, 4.69) is 68.2 Å². The topological polar surface area (TPSA) is 177 Å². The SMILES string of the molecule is [C-]#[N+]c1ccc(Nc2nc(Oc3c(C)cc(/C=C/C#N)cc3Br)ccc2N)cc1.[C-]#[N+]c1ccc(Nc2nc(Oc3c(C)cc(CCC#N)cc3Br)ccc2N)cc1. The van der Waals surface area contributed by atoms with Crippen LogP contribution in [0.25, 0.3) is 15.8 Å². The first-order valence-corrected chi connectivity index (χ1v) is 19.0. The van der Waals surface area contributed by atoms with Crippen LogP contribution in [0.5, 0.6) is 23.3 Å². The van der Waals surface area contributed by atoms with Crippen molar-refractivity contribution in [3.8, 4) is 35.4 Å². The van der Waals surface area contributed by atoms with Crippen molar-refractivity contribution in [2.45, 2.75) is 26.7 Å². The molecule has 0 atom stereocenters. The maximum absolute atomic E-state index is 8.77. The molecule has 14 heteroatoms. The fourth-order valence-electron chi connectivity index (χ4n) is 5.33. The number of aryl methyl sites for hydroxylation is 3. The zero-order valence-electron chi connectivity index (χ0n) is 31.2. The summed E-state index contributed by atoms with van der Waals surface area (Å²) >= 11 is 7.06. The first-order valence-electron chi connectivity index (χ1n) is 17.4. The van der Waals surface area contributed by atoms with Crippen molar-refractivity contribution in [3.05, 3.63) is 157 Å². The molecule has 6 N–H and O–H groups in total. The van der Waals surface area contributed by atoms with E-state index in [0.717, 1.165) is 42.6 Å². The van der Waals surface area contributed by atoms with Gasteiger partial charge in [0, 0.05) is 36.0 Å². The summed E-state index contributed by atoms with van der Waals surface area (Å²) in [6, 6.07) is 32.8. The number of ether oxygens (including phenoxy) is 2. The molecule has 0 aliphatic heterocycles. The second kappa shape index (κ2) is 20.0. The highest BCUT2D eigenvalue weighted by Crippen LogP contribution is 2.37. The lowest BCUT2D eigenvalue weighted by Crippen LogP contribution is -2.01. The zero-order valence-corrected chi connectivity index (χ0v) is 34.4. The third-order valence-corrected chi connectivity index (χ3v) is 9.33. The van der Waals surface area contributed by atoms with Gasteiger partial charge in [0.25, 0.3) is 0 Å². The lowest BCUT2D eigenvalue weighted by Gasteiger charge is -2.14. The summed E-state index contributed by atoms with van der Waals surface area (Å²) in [7, 11) is 0. The van der Waals surface area contributed by atoms with Crippen LogP contribution in [-0.2, 0) is 6.42 Å². The number of nitrogens with zero attached hydrogens (tertiary/aromatic N) is 6. The fourth-order valence-corrected chi connectivity index (χ4v) is 6.68. The number of benzene rings is 4. The molecule has 2 aromatic heterocycles. The molecule has 0 aliphatic rings. The Morgan fingerprint density at radius 2 is 1.19 bits per heavy atom.